The number of aliphatic hydroxyl groups is 2. The smallest absolute Gasteiger partial charge is 0.0471 e. The molecule has 2 aromatic carbocycles. The second kappa shape index (κ2) is 6.22. The lowest BCUT2D eigenvalue weighted by atomic mass is 10.1. The lowest BCUT2D eigenvalue weighted by Gasteiger charge is -2.22. The fourth-order valence-corrected chi connectivity index (χ4v) is 4.81. The molecule has 1 heterocycles. The highest BCUT2D eigenvalue weighted by molar-refractivity contribution is 8.05. The molecule has 0 fully saturated rings. The van der Waals surface area contributed by atoms with Gasteiger partial charge in [0, 0.05) is 32.8 Å². The van der Waals surface area contributed by atoms with Gasteiger partial charge in [-0.2, -0.15) is 0 Å². The summed E-state index contributed by atoms with van der Waals surface area (Å²) in [4.78, 5) is 5.05. The van der Waals surface area contributed by atoms with Gasteiger partial charge in [0.2, 0.25) is 0 Å². The van der Waals surface area contributed by atoms with Crippen molar-refractivity contribution in [1.82, 2.24) is 0 Å². The van der Waals surface area contributed by atoms with Crippen LogP contribution in [0.2, 0.25) is 0 Å². The van der Waals surface area contributed by atoms with Gasteiger partial charge in [0.05, 0.1) is 0 Å². The SMILES string of the molecule is OCCc1cc(CCO)c2c(c1)Sc1ccccc1S2. The summed E-state index contributed by atoms with van der Waals surface area (Å²) in [6.45, 7) is 0.313. The summed E-state index contributed by atoms with van der Waals surface area (Å²) in [5, 5.41) is 18.4. The van der Waals surface area contributed by atoms with Gasteiger partial charge in [-0.15, -0.1) is 0 Å². The van der Waals surface area contributed by atoms with Crippen LogP contribution in [0.3, 0.4) is 0 Å². The van der Waals surface area contributed by atoms with Gasteiger partial charge in [-0.1, -0.05) is 41.7 Å². The Balaban J connectivity index is 2.04. The van der Waals surface area contributed by atoms with Crippen molar-refractivity contribution in [2.75, 3.05) is 13.2 Å². The van der Waals surface area contributed by atoms with E-state index in [9.17, 15) is 5.11 Å². The maximum Gasteiger partial charge on any atom is 0.0471 e. The largest absolute Gasteiger partial charge is 0.396 e. The van der Waals surface area contributed by atoms with Gasteiger partial charge >= 0.3 is 0 Å². The van der Waals surface area contributed by atoms with Crippen LogP contribution < -0.4 is 0 Å². The molecule has 0 bridgehead atoms. The standard InChI is InChI=1S/C16H16O2S2/c17-7-5-11-9-12(6-8-18)16-15(10-11)19-13-3-1-2-4-14(13)20-16/h1-4,9-10,17-18H,5-8H2. The number of fused-ring (bicyclic) bond motifs is 2. The third-order valence-electron chi connectivity index (χ3n) is 3.25. The van der Waals surface area contributed by atoms with Crippen molar-refractivity contribution >= 4 is 23.5 Å². The Morgan fingerprint density at radius 3 is 2.20 bits per heavy atom. The normalized spacial score (nSPS) is 12.9. The monoisotopic (exact) mass is 304 g/mol. The average molecular weight is 304 g/mol. The van der Waals surface area contributed by atoms with E-state index in [1.54, 1.807) is 23.5 Å². The van der Waals surface area contributed by atoms with Crippen LogP contribution in [0.25, 0.3) is 0 Å². The first-order chi connectivity index (χ1) is 9.81. The van der Waals surface area contributed by atoms with E-state index in [1.807, 2.05) is 0 Å². The predicted molar refractivity (Wildman–Crippen MR) is 82.7 cm³/mol. The first-order valence-corrected chi connectivity index (χ1v) is 8.27. The van der Waals surface area contributed by atoms with Gasteiger partial charge < -0.3 is 10.2 Å². The first-order valence-electron chi connectivity index (χ1n) is 6.64. The molecule has 104 valence electrons. The molecule has 0 aromatic heterocycles. The summed E-state index contributed by atoms with van der Waals surface area (Å²) in [5.41, 5.74) is 2.32. The Bertz CT molecular complexity index is 626. The Labute approximate surface area is 127 Å². The van der Waals surface area contributed by atoms with Crippen LogP contribution in [0, 0.1) is 0 Å². The minimum absolute atomic E-state index is 0.155. The van der Waals surface area contributed by atoms with E-state index in [-0.39, 0.29) is 13.2 Å². The molecule has 2 N–H and O–H groups in total. The van der Waals surface area contributed by atoms with Crippen molar-refractivity contribution in [3.63, 3.8) is 0 Å². The zero-order valence-electron chi connectivity index (χ0n) is 11.0. The molecule has 0 radical (unpaired) electrons. The van der Waals surface area contributed by atoms with E-state index in [2.05, 4.69) is 36.4 Å². The molecule has 0 spiro atoms. The highest BCUT2D eigenvalue weighted by Gasteiger charge is 2.20. The van der Waals surface area contributed by atoms with Crippen LogP contribution in [-0.2, 0) is 12.8 Å². The molecule has 0 atom stereocenters. The van der Waals surface area contributed by atoms with E-state index in [0.717, 1.165) is 5.56 Å². The Morgan fingerprint density at radius 1 is 0.800 bits per heavy atom. The fraction of sp³-hybridized carbons (Fsp3) is 0.250. The molecule has 2 aromatic rings. The zero-order valence-corrected chi connectivity index (χ0v) is 12.6. The molecular formula is C16H16O2S2. The Kier molecular flexibility index (Phi) is 4.36. The molecule has 4 heteroatoms. The molecule has 0 unspecified atom stereocenters. The average Bonchev–Trinajstić information content (AvgIpc) is 2.46. The minimum atomic E-state index is 0.155. The van der Waals surface area contributed by atoms with Crippen LogP contribution >= 0.6 is 23.5 Å². The minimum Gasteiger partial charge on any atom is -0.396 e. The number of hydrogen-bond acceptors (Lipinski definition) is 4. The number of benzene rings is 2. The summed E-state index contributed by atoms with van der Waals surface area (Å²) in [6.07, 6.45) is 1.33. The quantitative estimate of drug-likeness (QED) is 0.775. The van der Waals surface area contributed by atoms with Gasteiger partial charge in [-0.05, 0) is 42.2 Å². The fourth-order valence-electron chi connectivity index (χ4n) is 2.34. The topological polar surface area (TPSA) is 40.5 Å². The van der Waals surface area contributed by atoms with Crippen LogP contribution in [0.15, 0.2) is 56.0 Å². The van der Waals surface area contributed by atoms with Gasteiger partial charge in [-0.25, -0.2) is 0 Å². The molecule has 2 nitrogen and oxygen atoms in total. The zero-order chi connectivity index (χ0) is 13.9. The predicted octanol–water partition coefficient (Wildman–Crippen LogP) is 3.37. The van der Waals surface area contributed by atoms with E-state index in [1.165, 1.54) is 25.1 Å². The van der Waals surface area contributed by atoms with Crippen LogP contribution in [0.1, 0.15) is 11.1 Å². The summed E-state index contributed by atoms with van der Waals surface area (Å²) in [6, 6.07) is 12.7. The highest BCUT2D eigenvalue weighted by Crippen LogP contribution is 2.50. The lowest BCUT2D eigenvalue weighted by Crippen LogP contribution is -2.01. The van der Waals surface area contributed by atoms with Crippen molar-refractivity contribution in [3.8, 4) is 0 Å². The number of rotatable bonds is 4. The molecule has 0 saturated carbocycles. The van der Waals surface area contributed by atoms with Crippen LogP contribution in [-0.4, -0.2) is 23.4 Å². The first kappa shape index (κ1) is 14.0. The van der Waals surface area contributed by atoms with Crippen molar-refractivity contribution in [2.45, 2.75) is 32.4 Å². The summed E-state index contributed by atoms with van der Waals surface area (Å²) in [7, 11) is 0. The highest BCUT2D eigenvalue weighted by atomic mass is 32.2. The maximum absolute atomic E-state index is 9.27. The van der Waals surface area contributed by atoms with Gasteiger partial charge in [0.1, 0.15) is 0 Å². The lowest BCUT2D eigenvalue weighted by molar-refractivity contribution is 0.297. The molecule has 0 aliphatic carbocycles. The van der Waals surface area contributed by atoms with Crippen molar-refractivity contribution in [1.29, 1.82) is 0 Å². The molecule has 1 aliphatic rings. The van der Waals surface area contributed by atoms with Gasteiger partial charge in [0.25, 0.3) is 0 Å². The third kappa shape index (κ3) is 2.74. The van der Waals surface area contributed by atoms with Crippen molar-refractivity contribution < 1.29 is 10.2 Å². The number of aliphatic hydroxyl groups excluding tert-OH is 2. The van der Waals surface area contributed by atoms with E-state index in [4.69, 9.17) is 5.11 Å². The number of hydrogen-bond donors (Lipinski definition) is 2. The Hall–Kier alpha value is -0.940. The van der Waals surface area contributed by atoms with Crippen molar-refractivity contribution in [2.24, 2.45) is 0 Å². The summed E-state index contributed by atoms with van der Waals surface area (Å²) in [5.74, 6) is 0. The second-order valence-electron chi connectivity index (χ2n) is 4.68. The van der Waals surface area contributed by atoms with E-state index < -0.39 is 0 Å². The van der Waals surface area contributed by atoms with Gasteiger partial charge in [0.15, 0.2) is 0 Å². The molecular weight excluding hydrogens is 288 g/mol. The summed E-state index contributed by atoms with van der Waals surface area (Å²) >= 11 is 3.56. The van der Waals surface area contributed by atoms with Gasteiger partial charge in [-0.3, -0.25) is 0 Å². The summed E-state index contributed by atoms with van der Waals surface area (Å²) < 4.78 is 0. The molecule has 20 heavy (non-hydrogen) atoms. The molecule has 0 amide bonds. The second-order valence-corrected chi connectivity index (χ2v) is 6.82. The van der Waals surface area contributed by atoms with E-state index in [0.29, 0.717) is 12.8 Å². The Morgan fingerprint density at radius 2 is 1.50 bits per heavy atom. The molecule has 3 rings (SSSR count). The molecule has 0 saturated heterocycles. The maximum atomic E-state index is 9.27. The van der Waals surface area contributed by atoms with Crippen molar-refractivity contribution in [3.05, 3.63) is 47.5 Å². The van der Waals surface area contributed by atoms with Crippen LogP contribution in [0.4, 0.5) is 0 Å². The van der Waals surface area contributed by atoms with E-state index >= 15 is 0 Å². The van der Waals surface area contributed by atoms with Crippen LogP contribution in [0.5, 0.6) is 0 Å². The third-order valence-corrected chi connectivity index (χ3v) is 5.89. The molecule has 1 aliphatic heterocycles.